The summed E-state index contributed by atoms with van der Waals surface area (Å²) in [6.07, 6.45) is 0. The molecule has 0 atom stereocenters. The van der Waals surface area contributed by atoms with Gasteiger partial charge in [-0.3, -0.25) is 5.43 Å². The van der Waals surface area contributed by atoms with Crippen molar-refractivity contribution in [2.75, 3.05) is 0 Å². The van der Waals surface area contributed by atoms with E-state index in [9.17, 15) is 4.79 Å². The first kappa shape index (κ1) is 11.5. The maximum absolute atomic E-state index is 10.9. The number of amides is 2. The molecule has 1 rings (SSSR count). The predicted octanol–water partition coefficient (Wildman–Crippen LogP) is 1.28. The summed E-state index contributed by atoms with van der Waals surface area (Å²) in [5.74, 6) is 4.97. The molecule has 0 aliphatic rings. The van der Waals surface area contributed by atoms with Crippen molar-refractivity contribution in [1.29, 1.82) is 0 Å². The van der Waals surface area contributed by atoms with E-state index in [0.29, 0.717) is 6.54 Å². The largest absolute Gasteiger partial charge is 0.333 e. The van der Waals surface area contributed by atoms with E-state index < -0.39 is 0 Å². The summed E-state index contributed by atoms with van der Waals surface area (Å²) in [5.41, 5.74) is 6.89. The number of hydrazine groups is 1. The summed E-state index contributed by atoms with van der Waals surface area (Å²) in [5, 5.41) is 2.66. The van der Waals surface area contributed by atoms with Crippen LogP contribution in [0.5, 0.6) is 0 Å². The number of nitrogens with two attached hydrogens (primary N) is 1. The molecule has 4 nitrogen and oxygen atoms in total. The molecule has 4 heteroatoms. The maximum Gasteiger partial charge on any atom is 0.329 e. The number of rotatable bonds is 2. The fraction of sp³-hybridized carbons (Fsp3) is 0.364. The molecule has 0 unspecified atom stereocenters. The van der Waals surface area contributed by atoms with E-state index in [0.717, 1.165) is 5.56 Å². The third-order valence-corrected chi connectivity index (χ3v) is 2.74. The van der Waals surface area contributed by atoms with Crippen LogP contribution in [0.3, 0.4) is 0 Å². The van der Waals surface area contributed by atoms with E-state index in [1.165, 1.54) is 16.7 Å². The lowest BCUT2D eigenvalue weighted by atomic mass is 9.99. The molecular weight excluding hydrogens is 190 g/mol. The van der Waals surface area contributed by atoms with Gasteiger partial charge >= 0.3 is 6.03 Å². The second-order valence-corrected chi connectivity index (χ2v) is 3.62. The molecule has 0 saturated heterocycles. The molecule has 0 fully saturated rings. The fourth-order valence-electron chi connectivity index (χ4n) is 1.43. The van der Waals surface area contributed by atoms with E-state index >= 15 is 0 Å². The molecule has 0 saturated carbocycles. The Morgan fingerprint density at radius 3 is 2.53 bits per heavy atom. The van der Waals surface area contributed by atoms with E-state index in [2.05, 4.69) is 32.2 Å². The van der Waals surface area contributed by atoms with E-state index in [4.69, 9.17) is 5.84 Å². The Morgan fingerprint density at radius 1 is 1.27 bits per heavy atom. The first-order chi connectivity index (χ1) is 7.06. The lowest BCUT2D eigenvalue weighted by Crippen LogP contribution is -2.39. The topological polar surface area (TPSA) is 67.2 Å². The first-order valence-electron chi connectivity index (χ1n) is 4.86. The van der Waals surface area contributed by atoms with E-state index in [-0.39, 0.29) is 6.03 Å². The van der Waals surface area contributed by atoms with Gasteiger partial charge in [0.2, 0.25) is 0 Å². The summed E-state index contributed by atoms with van der Waals surface area (Å²) < 4.78 is 0. The number of benzene rings is 1. The highest BCUT2D eigenvalue weighted by Gasteiger charge is 2.04. The number of carbonyl (C=O) groups is 1. The Hall–Kier alpha value is -1.55. The van der Waals surface area contributed by atoms with Crippen molar-refractivity contribution in [3.63, 3.8) is 0 Å². The van der Waals surface area contributed by atoms with Crippen LogP contribution in [0.25, 0.3) is 0 Å². The van der Waals surface area contributed by atoms with Gasteiger partial charge in [0.15, 0.2) is 0 Å². The molecule has 0 aliphatic carbocycles. The minimum Gasteiger partial charge on any atom is -0.333 e. The predicted molar refractivity (Wildman–Crippen MR) is 60.2 cm³/mol. The van der Waals surface area contributed by atoms with Crippen LogP contribution >= 0.6 is 0 Å². The zero-order chi connectivity index (χ0) is 11.4. The maximum atomic E-state index is 10.9. The molecule has 2 amide bonds. The van der Waals surface area contributed by atoms with Crippen LogP contribution in [-0.4, -0.2) is 6.03 Å². The molecule has 15 heavy (non-hydrogen) atoms. The Bertz CT molecular complexity index is 374. The molecule has 4 N–H and O–H groups in total. The van der Waals surface area contributed by atoms with Crippen LogP contribution in [0, 0.1) is 20.8 Å². The SMILES string of the molecule is Cc1ccc(CNC(=O)NN)c(C)c1C. The fourth-order valence-corrected chi connectivity index (χ4v) is 1.43. The summed E-state index contributed by atoms with van der Waals surface area (Å²) in [7, 11) is 0. The van der Waals surface area contributed by atoms with Crippen molar-refractivity contribution in [3.8, 4) is 0 Å². The molecule has 1 aromatic carbocycles. The smallest absolute Gasteiger partial charge is 0.329 e. The van der Waals surface area contributed by atoms with Gasteiger partial charge in [-0.05, 0) is 43.0 Å². The average Bonchev–Trinajstić information content (AvgIpc) is 2.24. The number of hydrogen-bond donors (Lipinski definition) is 3. The second kappa shape index (κ2) is 4.79. The van der Waals surface area contributed by atoms with Crippen LogP contribution in [0.1, 0.15) is 22.3 Å². The second-order valence-electron chi connectivity index (χ2n) is 3.62. The summed E-state index contributed by atoms with van der Waals surface area (Å²) in [4.78, 5) is 10.9. The van der Waals surface area contributed by atoms with E-state index in [1.807, 2.05) is 11.5 Å². The standard InChI is InChI=1S/C11H17N3O/c1-7-4-5-10(9(3)8(7)2)6-13-11(15)14-12/h4-5H,6,12H2,1-3H3,(H2,13,14,15). The number of aryl methyl sites for hydroxylation is 1. The Kier molecular flexibility index (Phi) is 3.68. The van der Waals surface area contributed by atoms with Crippen molar-refractivity contribution < 1.29 is 4.79 Å². The molecule has 0 bridgehead atoms. The van der Waals surface area contributed by atoms with Gasteiger partial charge in [-0.2, -0.15) is 0 Å². The normalized spacial score (nSPS) is 9.87. The quantitative estimate of drug-likeness (QED) is 0.388. The van der Waals surface area contributed by atoms with Gasteiger partial charge in [0.25, 0.3) is 0 Å². The monoisotopic (exact) mass is 207 g/mol. The van der Waals surface area contributed by atoms with Crippen LogP contribution in [-0.2, 0) is 6.54 Å². The number of urea groups is 1. The Balaban J connectivity index is 2.78. The number of nitrogens with one attached hydrogen (secondary N) is 2. The van der Waals surface area contributed by atoms with Crippen molar-refractivity contribution in [2.24, 2.45) is 5.84 Å². The van der Waals surface area contributed by atoms with Gasteiger partial charge in [-0.25, -0.2) is 10.6 Å². The highest BCUT2D eigenvalue weighted by atomic mass is 16.2. The Morgan fingerprint density at radius 2 is 1.93 bits per heavy atom. The third kappa shape index (κ3) is 2.70. The zero-order valence-electron chi connectivity index (χ0n) is 9.35. The van der Waals surface area contributed by atoms with Gasteiger partial charge in [0.05, 0.1) is 0 Å². The van der Waals surface area contributed by atoms with Crippen molar-refractivity contribution in [1.82, 2.24) is 10.7 Å². The number of carbonyl (C=O) groups excluding carboxylic acids is 1. The molecular formula is C11H17N3O. The van der Waals surface area contributed by atoms with Crippen molar-refractivity contribution in [2.45, 2.75) is 27.3 Å². The minimum absolute atomic E-state index is 0.368. The minimum atomic E-state index is -0.368. The van der Waals surface area contributed by atoms with Gasteiger partial charge in [0, 0.05) is 6.54 Å². The molecule has 0 aromatic heterocycles. The summed E-state index contributed by atoms with van der Waals surface area (Å²) in [6.45, 7) is 6.71. The Labute approximate surface area is 89.8 Å². The van der Waals surface area contributed by atoms with Crippen LogP contribution in [0.4, 0.5) is 4.79 Å². The van der Waals surface area contributed by atoms with Crippen LogP contribution in [0.15, 0.2) is 12.1 Å². The number of hydrogen-bond acceptors (Lipinski definition) is 2. The molecule has 1 aromatic rings. The zero-order valence-corrected chi connectivity index (χ0v) is 9.35. The average molecular weight is 207 g/mol. The van der Waals surface area contributed by atoms with Crippen molar-refractivity contribution >= 4 is 6.03 Å². The van der Waals surface area contributed by atoms with Crippen LogP contribution < -0.4 is 16.6 Å². The summed E-state index contributed by atoms with van der Waals surface area (Å²) >= 11 is 0. The van der Waals surface area contributed by atoms with Crippen molar-refractivity contribution in [3.05, 3.63) is 34.4 Å². The highest BCUT2D eigenvalue weighted by Crippen LogP contribution is 2.16. The van der Waals surface area contributed by atoms with E-state index in [1.54, 1.807) is 0 Å². The highest BCUT2D eigenvalue weighted by molar-refractivity contribution is 5.73. The lowest BCUT2D eigenvalue weighted by molar-refractivity contribution is 0.241. The molecule has 82 valence electrons. The van der Waals surface area contributed by atoms with Crippen LogP contribution in [0.2, 0.25) is 0 Å². The first-order valence-corrected chi connectivity index (χ1v) is 4.86. The van der Waals surface area contributed by atoms with Gasteiger partial charge in [-0.1, -0.05) is 12.1 Å². The lowest BCUT2D eigenvalue weighted by Gasteiger charge is -2.11. The van der Waals surface area contributed by atoms with Gasteiger partial charge in [0.1, 0.15) is 0 Å². The molecule has 0 radical (unpaired) electrons. The summed E-state index contributed by atoms with van der Waals surface area (Å²) in [6, 6.07) is 3.71. The molecule has 0 aliphatic heterocycles. The van der Waals surface area contributed by atoms with Gasteiger partial charge < -0.3 is 5.32 Å². The third-order valence-electron chi connectivity index (χ3n) is 2.74. The van der Waals surface area contributed by atoms with Gasteiger partial charge in [-0.15, -0.1) is 0 Å². The molecule has 0 spiro atoms. The molecule has 0 heterocycles.